The van der Waals surface area contributed by atoms with Gasteiger partial charge in [0.2, 0.25) is 5.91 Å². The molecular formula is C18H19ClN2O2. The number of hydrogen-bond acceptors (Lipinski definition) is 3. The Bertz CT molecular complexity index is 660. The minimum atomic E-state index is -0.101. The average Bonchev–Trinajstić information content (AvgIpc) is 3.36. The van der Waals surface area contributed by atoms with E-state index in [4.69, 9.17) is 16.3 Å². The lowest BCUT2D eigenvalue weighted by Gasteiger charge is -2.15. The lowest BCUT2D eigenvalue weighted by atomic mass is 10.1. The first-order valence-corrected chi connectivity index (χ1v) is 8.11. The van der Waals surface area contributed by atoms with Gasteiger partial charge in [-0.15, -0.1) is 0 Å². The first-order valence-electron chi connectivity index (χ1n) is 7.73. The summed E-state index contributed by atoms with van der Waals surface area (Å²) in [6.07, 6.45) is 4.38. The highest BCUT2D eigenvalue weighted by Gasteiger charge is 2.43. The molecule has 1 amide bonds. The summed E-state index contributed by atoms with van der Waals surface area (Å²) in [6.45, 7) is 2.41. The smallest absolute Gasteiger partial charge is 0.223 e. The largest absolute Gasteiger partial charge is 0.489 e. The Kier molecular flexibility index (Phi) is 4.82. The maximum atomic E-state index is 12.2. The molecule has 1 fully saturated rings. The van der Waals surface area contributed by atoms with E-state index in [0.29, 0.717) is 17.5 Å². The molecule has 0 saturated heterocycles. The molecule has 1 aliphatic carbocycles. The van der Waals surface area contributed by atoms with Crippen LogP contribution in [0.1, 0.15) is 24.8 Å². The average molecular weight is 331 g/mol. The summed E-state index contributed by atoms with van der Waals surface area (Å²) in [7, 11) is 0. The highest BCUT2D eigenvalue weighted by atomic mass is 35.5. The highest BCUT2D eigenvalue weighted by Crippen LogP contribution is 2.47. The van der Waals surface area contributed by atoms with Crippen LogP contribution < -0.4 is 10.1 Å². The lowest BCUT2D eigenvalue weighted by Crippen LogP contribution is -2.34. The number of benzene rings is 1. The molecule has 0 radical (unpaired) electrons. The fourth-order valence-electron chi connectivity index (χ4n) is 2.61. The predicted octanol–water partition coefficient (Wildman–Crippen LogP) is 3.42. The van der Waals surface area contributed by atoms with E-state index in [2.05, 4.69) is 10.3 Å². The van der Waals surface area contributed by atoms with E-state index in [9.17, 15) is 4.79 Å². The molecule has 1 saturated carbocycles. The fraction of sp³-hybridized carbons (Fsp3) is 0.333. The van der Waals surface area contributed by atoms with Gasteiger partial charge in [-0.3, -0.25) is 9.78 Å². The van der Waals surface area contributed by atoms with E-state index in [1.54, 1.807) is 18.3 Å². The van der Waals surface area contributed by atoms with Gasteiger partial charge in [0.25, 0.3) is 0 Å². The van der Waals surface area contributed by atoms with Gasteiger partial charge in [-0.1, -0.05) is 17.7 Å². The summed E-state index contributed by atoms with van der Waals surface area (Å²) in [5.74, 6) is 1.19. The van der Waals surface area contributed by atoms with Crippen molar-refractivity contribution in [3.63, 3.8) is 0 Å². The molecule has 3 rings (SSSR count). The van der Waals surface area contributed by atoms with Gasteiger partial charge in [-0.25, -0.2) is 0 Å². The van der Waals surface area contributed by atoms with Gasteiger partial charge in [0.15, 0.2) is 0 Å². The Morgan fingerprint density at radius 1 is 1.39 bits per heavy atom. The molecule has 1 aromatic heterocycles. The summed E-state index contributed by atoms with van der Waals surface area (Å²) >= 11 is 5.84. The van der Waals surface area contributed by atoms with Gasteiger partial charge in [0.1, 0.15) is 11.9 Å². The second kappa shape index (κ2) is 7.01. The van der Waals surface area contributed by atoms with Crippen molar-refractivity contribution in [1.82, 2.24) is 10.3 Å². The minimum Gasteiger partial charge on any atom is -0.489 e. The number of rotatable bonds is 6. The zero-order chi connectivity index (χ0) is 16.2. The van der Waals surface area contributed by atoms with Crippen molar-refractivity contribution in [2.75, 3.05) is 6.54 Å². The van der Waals surface area contributed by atoms with Gasteiger partial charge in [0, 0.05) is 23.3 Å². The Morgan fingerprint density at radius 3 is 2.87 bits per heavy atom. The third-order valence-electron chi connectivity index (χ3n) is 3.95. The molecule has 120 valence electrons. The number of carbonyl (C=O) groups is 1. The summed E-state index contributed by atoms with van der Waals surface area (Å²) in [5.41, 5.74) is 1.14. The zero-order valence-electron chi connectivity index (χ0n) is 12.9. The Hall–Kier alpha value is -2.07. The molecule has 0 spiro atoms. The maximum absolute atomic E-state index is 12.2. The molecule has 3 atom stereocenters. The molecule has 0 bridgehead atoms. The number of amides is 1. The van der Waals surface area contributed by atoms with Crippen LogP contribution in [0.3, 0.4) is 0 Å². The van der Waals surface area contributed by atoms with Crippen molar-refractivity contribution in [1.29, 1.82) is 0 Å². The summed E-state index contributed by atoms with van der Waals surface area (Å²) < 4.78 is 5.75. The SMILES string of the molecule is CC(CNC(=O)C1CC1c1cccnc1)Oc1ccc(Cl)cc1. The number of carbonyl (C=O) groups excluding carboxylic acids is 1. The van der Waals surface area contributed by atoms with Crippen LogP contribution in [0.5, 0.6) is 5.75 Å². The van der Waals surface area contributed by atoms with E-state index in [1.807, 2.05) is 37.4 Å². The third-order valence-corrected chi connectivity index (χ3v) is 4.21. The van der Waals surface area contributed by atoms with Crippen LogP contribution >= 0.6 is 11.6 Å². The molecule has 3 unspecified atom stereocenters. The normalized spacial score (nSPS) is 20.6. The van der Waals surface area contributed by atoms with E-state index >= 15 is 0 Å². The number of halogens is 1. The van der Waals surface area contributed by atoms with Crippen molar-refractivity contribution >= 4 is 17.5 Å². The molecule has 1 aromatic carbocycles. The van der Waals surface area contributed by atoms with Crippen LogP contribution in [-0.4, -0.2) is 23.5 Å². The molecule has 5 heteroatoms. The second-order valence-electron chi connectivity index (χ2n) is 5.86. The highest BCUT2D eigenvalue weighted by molar-refractivity contribution is 6.30. The van der Waals surface area contributed by atoms with Crippen LogP contribution in [0.25, 0.3) is 0 Å². The first kappa shape index (κ1) is 15.8. The number of hydrogen-bond donors (Lipinski definition) is 1. The van der Waals surface area contributed by atoms with Gasteiger partial charge < -0.3 is 10.1 Å². The molecule has 1 N–H and O–H groups in total. The summed E-state index contributed by atoms with van der Waals surface area (Å²) in [5, 5.41) is 3.64. The van der Waals surface area contributed by atoms with Crippen molar-refractivity contribution < 1.29 is 9.53 Å². The van der Waals surface area contributed by atoms with Crippen LogP contribution in [0, 0.1) is 5.92 Å². The van der Waals surface area contributed by atoms with Crippen LogP contribution in [-0.2, 0) is 4.79 Å². The minimum absolute atomic E-state index is 0.0573. The van der Waals surface area contributed by atoms with Gasteiger partial charge in [-0.2, -0.15) is 0 Å². The Balaban J connectivity index is 1.43. The lowest BCUT2D eigenvalue weighted by molar-refractivity contribution is -0.122. The van der Waals surface area contributed by atoms with Crippen molar-refractivity contribution in [2.45, 2.75) is 25.4 Å². The number of pyridine rings is 1. The summed E-state index contributed by atoms with van der Waals surface area (Å²) in [4.78, 5) is 16.3. The topological polar surface area (TPSA) is 51.2 Å². The van der Waals surface area contributed by atoms with E-state index in [0.717, 1.165) is 17.7 Å². The van der Waals surface area contributed by atoms with Crippen LogP contribution in [0.4, 0.5) is 0 Å². The predicted molar refractivity (Wildman–Crippen MR) is 89.6 cm³/mol. The van der Waals surface area contributed by atoms with E-state index < -0.39 is 0 Å². The number of nitrogens with zero attached hydrogens (tertiary/aromatic N) is 1. The molecular weight excluding hydrogens is 312 g/mol. The fourth-order valence-corrected chi connectivity index (χ4v) is 2.74. The monoisotopic (exact) mass is 330 g/mol. The molecule has 2 aromatic rings. The Labute approximate surface area is 140 Å². The van der Waals surface area contributed by atoms with Crippen molar-refractivity contribution in [2.24, 2.45) is 5.92 Å². The van der Waals surface area contributed by atoms with Gasteiger partial charge in [0.05, 0.1) is 6.54 Å². The van der Waals surface area contributed by atoms with E-state index in [1.165, 1.54) is 0 Å². The van der Waals surface area contributed by atoms with Gasteiger partial charge >= 0.3 is 0 Å². The molecule has 1 aliphatic rings. The maximum Gasteiger partial charge on any atom is 0.223 e. The first-order chi connectivity index (χ1) is 11.1. The van der Waals surface area contributed by atoms with Crippen molar-refractivity contribution in [3.8, 4) is 5.75 Å². The third kappa shape index (κ3) is 4.23. The molecule has 23 heavy (non-hydrogen) atoms. The van der Waals surface area contributed by atoms with Crippen LogP contribution in [0.15, 0.2) is 48.8 Å². The number of ether oxygens (including phenoxy) is 1. The Morgan fingerprint density at radius 2 is 2.17 bits per heavy atom. The second-order valence-corrected chi connectivity index (χ2v) is 6.30. The van der Waals surface area contributed by atoms with Gasteiger partial charge in [-0.05, 0) is 55.2 Å². The van der Waals surface area contributed by atoms with Crippen molar-refractivity contribution in [3.05, 3.63) is 59.4 Å². The van der Waals surface area contributed by atoms with Crippen LogP contribution in [0.2, 0.25) is 5.02 Å². The molecule has 1 heterocycles. The molecule has 4 nitrogen and oxygen atoms in total. The summed E-state index contributed by atoms with van der Waals surface area (Å²) in [6, 6.07) is 11.1. The number of aromatic nitrogens is 1. The zero-order valence-corrected chi connectivity index (χ0v) is 13.7. The standard InChI is InChI=1S/C18H19ClN2O2/c1-12(23-15-6-4-14(19)5-7-15)10-21-18(22)17-9-16(17)13-3-2-8-20-11-13/h2-8,11-12,16-17H,9-10H2,1H3,(H,21,22). The number of nitrogens with one attached hydrogen (secondary N) is 1. The molecule has 0 aliphatic heterocycles. The quantitative estimate of drug-likeness (QED) is 0.883. The van der Waals surface area contributed by atoms with E-state index in [-0.39, 0.29) is 17.9 Å².